The Bertz CT molecular complexity index is 985. The lowest BCUT2D eigenvalue weighted by Gasteiger charge is -2.13. The van der Waals surface area contributed by atoms with Gasteiger partial charge in [-0.15, -0.1) is 0 Å². The molecule has 0 saturated carbocycles. The van der Waals surface area contributed by atoms with Crippen molar-refractivity contribution in [1.82, 2.24) is 10.6 Å². The quantitative estimate of drug-likeness (QED) is 0.278. The van der Waals surface area contributed by atoms with E-state index in [4.69, 9.17) is 13.9 Å². The molecule has 0 atom stereocenters. The third kappa shape index (κ3) is 6.81. The van der Waals surface area contributed by atoms with Crippen LogP contribution in [0.4, 0.5) is 5.69 Å². The zero-order valence-electron chi connectivity index (χ0n) is 17.6. The molecule has 0 saturated heterocycles. The van der Waals surface area contributed by atoms with Crippen molar-refractivity contribution in [2.45, 2.75) is 6.54 Å². The summed E-state index contributed by atoms with van der Waals surface area (Å²) in [4.78, 5) is 16.3. The molecule has 0 radical (unpaired) electrons. The predicted molar refractivity (Wildman–Crippen MR) is 120 cm³/mol. The first-order valence-corrected chi connectivity index (χ1v) is 9.83. The van der Waals surface area contributed by atoms with E-state index in [-0.39, 0.29) is 11.7 Å². The number of aliphatic imine (C=N–C) groups is 1. The number of carbonyl (C=O) groups excluding carboxylic acids is 1. The van der Waals surface area contributed by atoms with E-state index < -0.39 is 0 Å². The maximum absolute atomic E-state index is 12.1. The number of hydrogen-bond acceptors (Lipinski definition) is 5. The fourth-order valence-corrected chi connectivity index (χ4v) is 2.78. The van der Waals surface area contributed by atoms with Crippen LogP contribution in [0.5, 0.6) is 11.5 Å². The van der Waals surface area contributed by atoms with Crippen LogP contribution in [-0.4, -0.2) is 39.2 Å². The van der Waals surface area contributed by atoms with Gasteiger partial charge in [0.2, 0.25) is 0 Å². The molecule has 3 rings (SSSR count). The van der Waals surface area contributed by atoms with Crippen molar-refractivity contribution in [3.63, 3.8) is 0 Å². The van der Waals surface area contributed by atoms with Gasteiger partial charge in [-0.1, -0.05) is 12.1 Å². The molecule has 31 heavy (non-hydrogen) atoms. The second kappa shape index (κ2) is 11.3. The van der Waals surface area contributed by atoms with Crippen LogP contribution in [0.1, 0.15) is 16.1 Å². The van der Waals surface area contributed by atoms with Gasteiger partial charge in [-0.25, -0.2) is 0 Å². The van der Waals surface area contributed by atoms with Crippen molar-refractivity contribution in [2.24, 2.45) is 4.99 Å². The van der Waals surface area contributed by atoms with Crippen LogP contribution >= 0.6 is 0 Å². The van der Waals surface area contributed by atoms with E-state index in [1.807, 2.05) is 48.5 Å². The largest absolute Gasteiger partial charge is 0.497 e. The van der Waals surface area contributed by atoms with E-state index in [1.54, 1.807) is 26.3 Å². The first kappa shape index (κ1) is 21.8. The second-order valence-electron chi connectivity index (χ2n) is 6.51. The Morgan fingerprint density at radius 1 is 1.03 bits per heavy atom. The Morgan fingerprint density at radius 3 is 2.55 bits per heavy atom. The average Bonchev–Trinajstić information content (AvgIpc) is 3.34. The molecule has 162 valence electrons. The van der Waals surface area contributed by atoms with Gasteiger partial charge in [-0.05, 0) is 54.1 Å². The summed E-state index contributed by atoms with van der Waals surface area (Å²) in [6.07, 6.45) is 1.47. The summed E-state index contributed by atoms with van der Waals surface area (Å²) in [5, 5.41) is 9.27. The number of rotatable bonds is 9. The van der Waals surface area contributed by atoms with Gasteiger partial charge in [0.05, 0.1) is 19.9 Å². The van der Waals surface area contributed by atoms with Crippen LogP contribution in [0.2, 0.25) is 0 Å². The van der Waals surface area contributed by atoms with Crippen LogP contribution in [0.3, 0.4) is 0 Å². The molecule has 0 aliphatic carbocycles. The number of hydrogen-bond donors (Lipinski definition) is 3. The number of ether oxygens (including phenoxy) is 2. The maximum atomic E-state index is 12.1. The monoisotopic (exact) mass is 422 g/mol. The smallest absolute Gasteiger partial charge is 0.291 e. The van der Waals surface area contributed by atoms with Gasteiger partial charge in [0, 0.05) is 19.3 Å². The number of nitrogens with zero attached hydrogens (tertiary/aromatic N) is 1. The second-order valence-corrected chi connectivity index (χ2v) is 6.51. The van der Waals surface area contributed by atoms with Crippen molar-refractivity contribution >= 4 is 17.6 Å². The van der Waals surface area contributed by atoms with E-state index in [1.165, 1.54) is 6.26 Å². The molecule has 3 aromatic rings. The summed E-state index contributed by atoms with van der Waals surface area (Å²) in [5.74, 6) is 2.21. The summed E-state index contributed by atoms with van der Waals surface area (Å²) >= 11 is 0. The molecular formula is C23H26N4O4. The number of nitrogens with one attached hydrogen (secondary N) is 3. The van der Waals surface area contributed by atoms with Crippen molar-refractivity contribution < 1.29 is 18.7 Å². The Balaban J connectivity index is 1.42. The number of furan rings is 1. The van der Waals surface area contributed by atoms with Gasteiger partial charge >= 0.3 is 0 Å². The summed E-state index contributed by atoms with van der Waals surface area (Å²) < 4.78 is 15.9. The molecule has 0 fully saturated rings. The summed E-state index contributed by atoms with van der Waals surface area (Å²) in [5.41, 5.74) is 1.69. The number of amides is 1. The van der Waals surface area contributed by atoms with Crippen molar-refractivity contribution in [3.05, 3.63) is 78.3 Å². The average molecular weight is 422 g/mol. The van der Waals surface area contributed by atoms with E-state index in [0.29, 0.717) is 31.3 Å². The maximum Gasteiger partial charge on any atom is 0.291 e. The Labute approximate surface area is 181 Å². The van der Waals surface area contributed by atoms with Gasteiger partial charge < -0.3 is 29.8 Å². The van der Waals surface area contributed by atoms with Crippen LogP contribution in [0.15, 0.2) is 76.3 Å². The molecule has 1 amide bonds. The third-order valence-electron chi connectivity index (χ3n) is 4.34. The fourth-order valence-electron chi connectivity index (χ4n) is 2.78. The Hall–Kier alpha value is -3.94. The fraction of sp³-hybridized carbons (Fsp3) is 0.217. The topological polar surface area (TPSA) is 97.1 Å². The number of methoxy groups -OCH3 is 1. The minimum atomic E-state index is -0.288. The number of guanidine groups is 1. The van der Waals surface area contributed by atoms with Gasteiger partial charge in [0.15, 0.2) is 11.7 Å². The van der Waals surface area contributed by atoms with E-state index in [9.17, 15) is 4.79 Å². The van der Waals surface area contributed by atoms with Crippen molar-refractivity contribution in [3.8, 4) is 11.5 Å². The minimum absolute atomic E-state index is 0.269. The third-order valence-corrected chi connectivity index (χ3v) is 4.34. The molecule has 0 aliphatic heterocycles. The molecule has 8 heteroatoms. The number of anilines is 1. The summed E-state index contributed by atoms with van der Waals surface area (Å²) in [6.45, 7) is 1.62. The molecule has 0 unspecified atom stereocenters. The standard InChI is InChI=1S/C23H26N4O4/c1-24-23(25-12-14-30-20-10-8-19(29-2)9-11-20)26-16-17-5-3-6-18(15-17)27-22(28)21-7-4-13-31-21/h3-11,13,15H,12,14,16H2,1-2H3,(H,27,28)(H2,24,25,26). The van der Waals surface area contributed by atoms with Crippen molar-refractivity contribution in [2.75, 3.05) is 32.6 Å². The molecule has 2 aromatic carbocycles. The highest BCUT2D eigenvalue weighted by Crippen LogP contribution is 2.16. The van der Waals surface area contributed by atoms with Gasteiger partial charge in [0.25, 0.3) is 5.91 Å². The zero-order chi connectivity index (χ0) is 21.9. The Morgan fingerprint density at radius 2 is 1.84 bits per heavy atom. The van der Waals surface area contributed by atoms with Crippen LogP contribution in [0.25, 0.3) is 0 Å². The van der Waals surface area contributed by atoms with Gasteiger partial charge in [0.1, 0.15) is 18.1 Å². The number of carbonyl (C=O) groups is 1. The van der Waals surface area contributed by atoms with Gasteiger partial charge in [-0.2, -0.15) is 0 Å². The van der Waals surface area contributed by atoms with Gasteiger partial charge in [-0.3, -0.25) is 9.79 Å². The van der Waals surface area contributed by atoms with E-state index >= 15 is 0 Å². The number of benzene rings is 2. The van der Waals surface area contributed by atoms with E-state index in [0.717, 1.165) is 17.1 Å². The molecular weight excluding hydrogens is 396 g/mol. The highest BCUT2D eigenvalue weighted by molar-refractivity contribution is 6.02. The first-order valence-electron chi connectivity index (χ1n) is 9.83. The van der Waals surface area contributed by atoms with E-state index in [2.05, 4.69) is 20.9 Å². The summed E-state index contributed by atoms with van der Waals surface area (Å²) in [7, 11) is 3.34. The minimum Gasteiger partial charge on any atom is -0.497 e. The van der Waals surface area contributed by atoms with Crippen LogP contribution in [0, 0.1) is 0 Å². The highest BCUT2D eigenvalue weighted by atomic mass is 16.5. The lowest BCUT2D eigenvalue weighted by molar-refractivity contribution is 0.0996. The predicted octanol–water partition coefficient (Wildman–Crippen LogP) is 3.28. The zero-order valence-corrected chi connectivity index (χ0v) is 17.6. The molecule has 3 N–H and O–H groups in total. The molecule has 1 aromatic heterocycles. The molecule has 0 spiro atoms. The molecule has 1 heterocycles. The van der Waals surface area contributed by atoms with Crippen molar-refractivity contribution in [1.29, 1.82) is 0 Å². The lowest BCUT2D eigenvalue weighted by atomic mass is 10.2. The Kier molecular flexibility index (Phi) is 7.93. The normalized spacial score (nSPS) is 11.0. The SMILES string of the molecule is CN=C(NCCOc1ccc(OC)cc1)NCc1cccc(NC(=O)c2ccco2)c1. The highest BCUT2D eigenvalue weighted by Gasteiger charge is 2.09. The molecule has 0 bridgehead atoms. The van der Waals surface area contributed by atoms with Crippen LogP contribution in [-0.2, 0) is 6.54 Å². The molecule has 8 nitrogen and oxygen atoms in total. The molecule has 0 aliphatic rings. The first-order chi connectivity index (χ1) is 15.2. The lowest BCUT2D eigenvalue weighted by Crippen LogP contribution is -2.38. The van der Waals surface area contributed by atoms with Crippen LogP contribution < -0.4 is 25.4 Å². The summed E-state index contributed by atoms with van der Waals surface area (Å²) in [6, 6.07) is 18.3.